The van der Waals surface area contributed by atoms with Crippen LogP contribution in [0.25, 0.3) is 11.0 Å². The van der Waals surface area contributed by atoms with Gasteiger partial charge in [-0.25, -0.2) is 4.98 Å². The molecule has 0 aromatic carbocycles. The maximum atomic E-state index is 3.99. The molecule has 2 rings (SSSR count). The van der Waals surface area contributed by atoms with Gasteiger partial charge in [-0.3, -0.25) is 4.98 Å². The van der Waals surface area contributed by atoms with Gasteiger partial charge in [-0.1, -0.05) is 0 Å². The number of hydrogen-bond acceptors (Lipinski definition) is 1. The molecule has 0 saturated carbocycles. The molecule has 0 aliphatic carbocycles. The van der Waals surface area contributed by atoms with Gasteiger partial charge in [-0.15, -0.1) is 0 Å². The van der Waals surface area contributed by atoms with Crippen LogP contribution in [-0.4, -0.2) is 26.5 Å². The zero-order chi connectivity index (χ0) is 6.97. The summed E-state index contributed by atoms with van der Waals surface area (Å²) in [5.74, 6) is 0. The largest absolute Gasteiger partial charge is 0.536 e. The van der Waals surface area contributed by atoms with Crippen molar-refractivity contribution in [3.05, 3.63) is 24.8 Å². The van der Waals surface area contributed by atoms with Crippen LogP contribution < -0.4 is 3.55 Å². The molecule has 0 fully saturated rings. The zero-order valence-corrected chi connectivity index (χ0v) is 6.44. The molecule has 0 aliphatic rings. The van der Waals surface area contributed by atoms with Crippen LogP contribution in [0.3, 0.4) is 0 Å². The molecule has 0 spiro atoms. The highest BCUT2D eigenvalue weighted by molar-refractivity contribution is 5.97. The van der Waals surface area contributed by atoms with Crippen LogP contribution in [-0.2, 0) is 0 Å². The fourth-order valence-electron chi connectivity index (χ4n) is 0.923. The molecule has 0 atom stereocenters. The SMILES string of the molecule is [Al][n+]1c[nH]c2ccncc21. The first-order valence-electron chi connectivity index (χ1n) is 2.96. The predicted molar refractivity (Wildman–Crippen MR) is 37.4 cm³/mol. The lowest BCUT2D eigenvalue weighted by atomic mass is 10.4. The van der Waals surface area contributed by atoms with Gasteiger partial charge < -0.3 is 3.55 Å². The third-order valence-electron chi connectivity index (χ3n) is 1.44. The van der Waals surface area contributed by atoms with Gasteiger partial charge in [0.2, 0.25) is 6.33 Å². The summed E-state index contributed by atoms with van der Waals surface area (Å²) >= 11 is 2.58. The normalized spacial score (nSPS) is 10.4. The van der Waals surface area contributed by atoms with Gasteiger partial charge in [0, 0.05) is 12.3 Å². The molecule has 2 heterocycles. The summed E-state index contributed by atoms with van der Waals surface area (Å²) in [6.07, 6.45) is 5.46. The Kier molecular flexibility index (Phi) is 1.23. The van der Waals surface area contributed by atoms with Crippen molar-refractivity contribution >= 4 is 27.5 Å². The molecule has 0 aliphatic heterocycles. The molecule has 0 unspecified atom stereocenters. The number of nitrogens with zero attached hydrogens (tertiary/aromatic N) is 2. The molecule has 0 saturated heterocycles. The lowest BCUT2D eigenvalue weighted by Gasteiger charge is -1.84. The Morgan fingerprint density at radius 3 is 3.30 bits per heavy atom. The topological polar surface area (TPSA) is 32.6 Å². The molecule has 1 N–H and O–H groups in total. The molecule has 4 heteroatoms. The van der Waals surface area contributed by atoms with Crippen molar-refractivity contribution in [2.24, 2.45) is 0 Å². The summed E-state index contributed by atoms with van der Waals surface area (Å²) in [6, 6.07) is 1.94. The number of hydrogen-bond donors (Lipinski definition) is 1. The lowest BCUT2D eigenvalue weighted by Crippen LogP contribution is -2.28. The Morgan fingerprint density at radius 2 is 2.50 bits per heavy atom. The summed E-state index contributed by atoms with van der Waals surface area (Å²) in [6.45, 7) is 0. The molecule has 2 aromatic heterocycles. The van der Waals surface area contributed by atoms with Gasteiger partial charge in [0.1, 0.15) is 0 Å². The average molecular weight is 146 g/mol. The molecule has 0 amide bonds. The second kappa shape index (κ2) is 2.08. The van der Waals surface area contributed by atoms with E-state index in [0.29, 0.717) is 0 Å². The number of fused-ring (bicyclic) bond motifs is 1. The lowest BCUT2D eigenvalue weighted by molar-refractivity contribution is -0.491. The quantitative estimate of drug-likeness (QED) is 0.512. The van der Waals surface area contributed by atoms with Crippen LogP contribution in [0.1, 0.15) is 0 Å². The van der Waals surface area contributed by atoms with Crippen LogP contribution >= 0.6 is 0 Å². The number of H-pyrrole nitrogens is 1. The first-order chi connectivity index (χ1) is 4.88. The fourth-order valence-corrected chi connectivity index (χ4v) is 1.20. The van der Waals surface area contributed by atoms with Crippen LogP contribution in [0.4, 0.5) is 0 Å². The number of rotatable bonds is 0. The van der Waals surface area contributed by atoms with Gasteiger partial charge in [0.05, 0.1) is 6.20 Å². The van der Waals surface area contributed by atoms with Crippen molar-refractivity contribution in [1.82, 2.24) is 9.97 Å². The van der Waals surface area contributed by atoms with E-state index in [4.69, 9.17) is 0 Å². The summed E-state index contributed by atoms with van der Waals surface area (Å²) in [4.78, 5) is 7.08. The number of pyridine rings is 1. The number of imidazole rings is 1. The predicted octanol–water partition coefficient (Wildman–Crippen LogP) is -0.218. The van der Waals surface area contributed by atoms with Crippen LogP contribution in [0.2, 0.25) is 0 Å². The fraction of sp³-hybridized carbons (Fsp3) is 0. The summed E-state index contributed by atoms with van der Waals surface area (Å²) in [5, 5.41) is 0. The molecule has 46 valence electrons. The van der Waals surface area contributed by atoms with E-state index in [9.17, 15) is 0 Å². The van der Waals surface area contributed by atoms with E-state index >= 15 is 0 Å². The van der Waals surface area contributed by atoms with E-state index in [-0.39, 0.29) is 0 Å². The molecular weight excluding hydrogens is 141 g/mol. The molecule has 2 radical (unpaired) electrons. The molecular formula is C6H5AlN3+. The highest BCUT2D eigenvalue weighted by Gasteiger charge is 2.01. The first-order valence-corrected chi connectivity index (χ1v) is 3.47. The van der Waals surface area contributed by atoms with Gasteiger partial charge >= 0.3 is 16.5 Å². The highest BCUT2D eigenvalue weighted by atomic mass is 27.1. The van der Waals surface area contributed by atoms with Crippen molar-refractivity contribution in [1.29, 1.82) is 0 Å². The standard InChI is InChI=1S/C6H5N3.Al/c1-2-7-3-6-5(1)8-4-9-6;/h1-4H,(H,8,9);/q;+1. The summed E-state index contributed by atoms with van der Waals surface area (Å²) in [7, 11) is 0. The third kappa shape index (κ3) is 0.738. The Labute approximate surface area is 66.4 Å². The Morgan fingerprint density at radius 1 is 1.60 bits per heavy atom. The minimum atomic E-state index is 1.09. The van der Waals surface area contributed by atoms with Crippen molar-refractivity contribution in [3.63, 3.8) is 0 Å². The second-order valence-electron chi connectivity index (χ2n) is 2.07. The monoisotopic (exact) mass is 146 g/mol. The van der Waals surface area contributed by atoms with Gasteiger partial charge in [-0.05, 0) is 0 Å². The summed E-state index contributed by atoms with van der Waals surface area (Å²) in [5.41, 5.74) is 2.19. The second-order valence-corrected chi connectivity index (χ2v) is 2.63. The molecule has 2 aromatic rings. The third-order valence-corrected chi connectivity index (χ3v) is 1.86. The Bertz CT molecular complexity index is 355. The molecule has 3 nitrogen and oxygen atoms in total. The van der Waals surface area contributed by atoms with Crippen LogP contribution in [0.5, 0.6) is 0 Å². The smallest absolute Gasteiger partial charge is 0.380 e. The number of aromatic amines is 1. The van der Waals surface area contributed by atoms with Gasteiger partial charge in [0.25, 0.3) is 0 Å². The molecule has 10 heavy (non-hydrogen) atoms. The maximum absolute atomic E-state index is 3.99. The zero-order valence-electron chi connectivity index (χ0n) is 5.28. The number of nitrogens with one attached hydrogen (secondary N) is 1. The maximum Gasteiger partial charge on any atom is 0.536 e. The first kappa shape index (κ1) is 5.90. The molecule has 0 bridgehead atoms. The minimum absolute atomic E-state index is 1.09. The minimum Gasteiger partial charge on any atom is -0.380 e. The highest BCUT2D eigenvalue weighted by Crippen LogP contribution is 2.00. The van der Waals surface area contributed by atoms with E-state index in [1.807, 2.05) is 22.1 Å². The van der Waals surface area contributed by atoms with Crippen LogP contribution in [0, 0.1) is 0 Å². The summed E-state index contributed by atoms with van der Waals surface area (Å²) < 4.78 is 1.92. The van der Waals surface area contributed by atoms with E-state index < -0.39 is 0 Å². The van der Waals surface area contributed by atoms with E-state index in [0.717, 1.165) is 11.0 Å². The Hall–Kier alpha value is -0.848. The van der Waals surface area contributed by atoms with Crippen molar-refractivity contribution in [3.8, 4) is 0 Å². The van der Waals surface area contributed by atoms with Gasteiger partial charge in [-0.2, -0.15) is 0 Å². The number of aromatic nitrogens is 3. The van der Waals surface area contributed by atoms with E-state index in [1.54, 1.807) is 6.20 Å². The van der Waals surface area contributed by atoms with E-state index in [1.165, 1.54) is 0 Å². The van der Waals surface area contributed by atoms with Crippen LogP contribution in [0.15, 0.2) is 24.8 Å². The Balaban J connectivity index is 2.93. The van der Waals surface area contributed by atoms with Crippen molar-refractivity contribution < 1.29 is 3.55 Å². The average Bonchev–Trinajstić information content (AvgIpc) is 2.34. The van der Waals surface area contributed by atoms with Crippen molar-refractivity contribution in [2.45, 2.75) is 0 Å². The van der Waals surface area contributed by atoms with Gasteiger partial charge in [0.15, 0.2) is 11.0 Å². The van der Waals surface area contributed by atoms with Crippen molar-refractivity contribution in [2.75, 3.05) is 0 Å². The van der Waals surface area contributed by atoms with E-state index in [2.05, 4.69) is 26.5 Å².